The highest BCUT2D eigenvalue weighted by atomic mass is 79.9. The first-order valence-corrected chi connectivity index (χ1v) is 6.29. The van der Waals surface area contributed by atoms with Crippen molar-refractivity contribution in [3.8, 4) is 11.4 Å². The van der Waals surface area contributed by atoms with Crippen LogP contribution >= 0.6 is 15.9 Å². The number of hydrogen-bond acceptors (Lipinski definition) is 4. The summed E-state index contributed by atoms with van der Waals surface area (Å²) in [6.45, 7) is 2.49. The molecule has 1 aromatic carbocycles. The number of anilines is 1. The second-order valence-electron chi connectivity index (χ2n) is 3.96. The number of aromatic nitrogens is 2. The van der Waals surface area contributed by atoms with Gasteiger partial charge in [0, 0.05) is 12.7 Å². The van der Waals surface area contributed by atoms with Crippen LogP contribution in [-0.4, -0.2) is 17.1 Å². The standard InChI is InChI=1S/C13H14BrN3O/c1-8-11(14)12(15)17-13(16-8)10-5-3-9(4-6-10)7-18-2/h3-6H,7H2,1-2H3,(H2,15,16,17). The summed E-state index contributed by atoms with van der Waals surface area (Å²) < 4.78 is 5.82. The molecule has 0 atom stereocenters. The van der Waals surface area contributed by atoms with Gasteiger partial charge in [0.1, 0.15) is 5.82 Å². The Kier molecular flexibility index (Phi) is 3.93. The fourth-order valence-corrected chi connectivity index (χ4v) is 1.80. The third-order valence-electron chi connectivity index (χ3n) is 2.57. The monoisotopic (exact) mass is 307 g/mol. The molecule has 0 aliphatic carbocycles. The van der Waals surface area contributed by atoms with E-state index in [1.807, 2.05) is 31.2 Å². The van der Waals surface area contributed by atoms with Crippen molar-refractivity contribution in [1.82, 2.24) is 9.97 Å². The first kappa shape index (κ1) is 13.0. The van der Waals surface area contributed by atoms with Crippen LogP contribution in [0.25, 0.3) is 11.4 Å². The van der Waals surface area contributed by atoms with E-state index in [9.17, 15) is 0 Å². The van der Waals surface area contributed by atoms with E-state index in [-0.39, 0.29) is 0 Å². The molecule has 18 heavy (non-hydrogen) atoms. The zero-order chi connectivity index (χ0) is 13.1. The number of methoxy groups -OCH3 is 1. The highest BCUT2D eigenvalue weighted by Gasteiger charge is 2.08. The summed E-state index contributed by atoms with van der Waals surface area (Å²) in [7, 11) is 1.68. The zero-order valence-corrected chi connectivity index (χ0v) is 11.9. The van der Waals surface area contributed by atoms with Crippen molar-refractivity contribution in [2.75, 3.05) is 12.8 Å². The minimum atomic E-state index is 0.457. The second-order valence-corrected chi connectivity index (χ2v) is 4.75. The van der Waals surface area contributed by atoms with E-state index >= 15 is 0 Å². The van der Waals surface area contributed by atoms with E-state index in [0.29, 0.717) is 18.2 Å². The van der Waals surface area contributed by atoms with Gasteiger partial charge in [-0.15, -0.1) is 0 Å². The van der Waals surface area contributed by atoms with Gasteiger partial charge < -0.3 is 10.5 Å². The molecule has 5 heteroatoms. The average molecular weight is 308 g/mol. The van der Waals surface area contributed by atoms with Gasteiger partial charge in [-0.05, 0) is 28.4 Å². The molecule has 0 aliphatic heterocycles. The first-order valence-electron chi connectivity index (χ1n) is 5.49. The topological polar surface area (TPSA) is 61.0 Å². The smallest absolute Gasteiger partial charge is 0.161 e. The lowest BCUT2D eigenvalue weighted by atomic mass is 10.1. The highest BCUT2D eigenvalue weighted by Crippen LogP contribution is 2.24. The quantitative estimate of drug-likeness (QED) is 0.947. The Hall–Kier alpha value is -1.46. The van der Waals surface area contributed by atoms with Gasteiger partial charge in [0.25, 0.3) is 0 Å². The summed E-state index contributed by atoms with van der Waals surface area (Å²) in [5.74, 6) is 1.09. The van der Waals surface area contributed by atoms with Crippen LogP contribution in [0.15, 0.2) is 28.7 Å². The molecule has 0 unspecified atom stereocenters. The Morgan fingerprint density at radius 1 is 1.22 bits per heavy atom. The lowest BCUT2D eigenvalue weighted by Gasteiger charge is -2.06. The van der Waals surface area contributed by atoms with Crippen molar-refractivity contribution in [2.24, 2.45) is 0 Å². The minimum absolute atomic E-state index is 0.457. The minimum Gasteiger partial charge on any atom is -0.383 e. The molecule has 2 N–H and O–H groups in total. The normalized spacial score (nSPS) is 10.6. The van der Waals surface area contributed by atoms with Gasteiger partial charge in [-0.25, -0.2) is 9.97 Å². The molecule has 1 heterocycles. The Morgan fingerprint density at radius 3 is 2.44 bits per heavy atom. The molecule has 0 fully saturated rings. The Labute approximate surface area is 114 Å². The van der Waals surface area contributed by atoms with Crippen LogP contribution in [0, 0.1) is 6.92 Å². The number of halogens is 1. The summed E-state index contributed by atoms with van der Waals surface area (Å²) in [5.41, 5.74) is 8.71. The highest BCUT2D eigenvalue weighted by molar-refractivity contribution is 9.10. The van der Waals surface area contributed by atoms with Crippen LogP contribution in [0.2, 0.25) is 0 Å². The van der Waals surface area contributed by atoms with Gasteiger partial charge in [-0.3, -0.25) is 0 Å². The Balaban J connectivity index is 2.36. The molecule has 0 saturated heterocycles. The number of rotatable bonds is 3. The lowest BCUT2D eigenvalue weighted by Crippen LogP contribution is -2.00. The summed E-state index contributed by atoms with van der Waals surface area (Å²) in [4.78, 5) is 8.68. The predicted molar refractivity (Wildman–Crippen MR) is 75.0 cm³/mol. The molecule has 2 aromatic rings. The van der Waals surface area contributed by atoms with Gasteiger partial charge in [0.05, 0.1) is 16.8 Å². The molecule has 94 valence electrons. The van der Waals surface area contributed by atoms with Crippen molar-refractivity contribution in [1.29, 1.82) is 0 Å². The van der Waals surface area contributed by atoms with Gasteiger partial charge in [0.2, 0.25) is 0 Å². The average Bonchev–Trinajstić information content (AvgIpc) is 2.37. The van der Waals surface area contributed by atoms with Crippen LogP contribution in [0.4, 0.5) is 5.82 Å². The Morgan fingerprint density at radius 2 is 1.89 bits per heavy atom. The summed E-state index contributed by atoms with van der Waals surface area (Å²) in [6.07, 6.45) is 0. The van der Waals surface area contributed by atoms with E-state index in [1.54, 1.807) is 7.11 Å². The fourth-order valence-electron chi connectivity index (χ4n) is 1.63. The van der Waals surface area contributed by atoms with Crippen LogP contribution in [0.1, 0.15) is 11.3 Å². The molecule has 0 spiro atoms. The third-order valence-corrected chi connectivity index (χ3v) is 3.55. The van der Waals surface area contributed by atoms with E-state index < -0.39 is 0 Å². The van der Waals surface area contributed by atoms with Crippen LogP contribution < -0.4 is 5.73 Å². The molecular formula is C13H14BrN3O. The van der Waals surface area contributed by atoms with Crippen molar-refractivity contribution in [2.45, 2.75) is 13.5 Å². The molecule has 4 nitrogen and oxygen atoms in total. The second kappa shape index (κ2) is 5.46. The molecule has 2 rings (SSSR count). The zero-order valence-electron chi connectivity index (χ0n) is 10.3. The van der Waals surface area contributed by atoms with Gasteiger partial charge >= 0.3 is 0 Å². The number of nitrogens with two attached hydrogens (primary N) is 1. The SMILES string of the molecule is COCc1ccc(-c2nc(C)c(Br)c(N)n2)cc1. The summed E-state index contributed by atoms with van der Waals surface area (Å²) in [5, 5.41) is 0. The van der Waals surface area contributed by atoms with Crippen molar-refractivity contribution in [3.63, 3.8) is 0 Å². The maximum Gasteiger partial charge on any atom is 0.161 e. The maximum atomic E-state index is 5.82. The number of benzene rings is 1. The van der Waals surface area contributed by atoms with Crippen molar-refractivity contribution < 1.29 is 4.74 Å². The van der Waals surface area contributed by atoms with Gasteiger partial charge in [-0.2, -0.15) is 0 Å². The van der Waals surface area contributed by atoms with E-state index in [1.165, 1.54) is 0 Å². The fraction of sp³-hybridized carbons (Fsp3) is 0.231. The van der Waals surface area contributed by atoms with Crippen LogP contribution in [-0.2, 0) is 11.3 Å². The van der Waals surface area contributed by atoms with Gasteiger partial charge in [-0.1, -0.05) is 24.3 Å². The summed E-state index contributed by atoms with van der Waals surface area (Å²) in [6, 6.07) is 7.93. The number of hydrogen-bond donors (Lipinski definition) is 1. The largest absolute Gasteiger partial charge is 0.383 e. The van der Waals surface area contributed by atoms with Gasteiger partial charge in [0.15, 0.2) is 5.82 Å². The van der Waals surface area contributed by atoms with Crippen molar-refractivity contribution >= 4 is 21.7 Å². The molecule has 1 aromatic heterocycles. The molecule has 0 aliphatic rings. The molecular weight excluding hydrogens is 294 g/mol. The first-order chi connectivity index (χ1) is 8.61. The third kappa shape index (κ3) is 2.68. The predicted octanol–water partition coefficient (Wildman–Crippen LogP) is 2.94. The molecule has 0 amide bonds. The van der Waals surface area contributed by atoms with Crippen molar-refractivity contribution in [3.05, 3.63) is 40.0 Å². The number of aryl methyl sites for hydroxylation is 1. The summed E-state index contributed by atoms with van der Waals surface area (Å²) >= 11 is 3.35. The Bertz CT molecular complexity index is 532. The number of nitrogens with zero attached hydrogens (tertiary/aromatic N) is 2. The van der Waals surface area contributed by atoms with E-state index in [4.69, 9.17) is 10.5 Å². The van der Waals surface area contributed by atoms with E-state index in [2.05, 4.69) is 25.9 Å². The lowest BCUT2D eigenvalue weighted by molar-refractivity contribution is 0.185. The molecule has 0 bridgehead atoms. The maximum absolute atomic E-state index is 5.82. The van der Waals surface area contributed by atoms with Crippen LogP contribution in [0.3, 0.4) is 0 Å². The number of ether oxygens (including phenoxy) is 1. The van der Waals surface area contributed by atoms with Crippen LogP contribution in [0.5, 0.6) is 0 Å². The molecule has 0 saturated carbocycles. The number of nitrogen functional groups attached to an aromatic ring is 1. The van der Waals surface area contributed by atoms with E-state index in [0.717, 1.165) is 21.3 Å². The molecule has 0 radical (unpaired) electrons.